The number of aromatic nitrogens is 1. The molecule has 0 fully saturated rings. The van der Waals surface area contributed by atoms with E-state index in [1.165, 1.54) is 25.3 Å². The van der Waals surface area contributed by atoms with Crippen molar-refractivity contribution >= 4 is 17.8 Å². The van der Waals surface area contributed by atoms with Crippen molar-refractivity contribution in [3.8, 4) is 11.1 Å². The van der Waals surface area contributed by atoms with Crippen LogP contribution in [0.3, 0.4) is 0 Å². The summed E-state index contributed by atoms with van der Waals surface area (Å²) in [7, 11) is 1.21. The average molecular weight is 548 g/mol. The molecule has 1 aromatic heterocycles. The van der Waals surface area contributed by atoms with Crippen LogP contribution in [0.15, 0.2) is 60.7 Å². The highest BCUT2D eigenvalue weighted by Gasteiger charge is 2.23. The zero-order chi connectivity index (χ0) is 29.2. The number of ether oxygens (including phenoxy) is 2. The molecule has 1 heterocycles. The number of aliphatic hydroxyl groups is 1. The molecule has 0 amide bonds. The lowest BCUT2D eigenvalue weighted by Gasteiger charge is -2.24. The quantitative estimate of drug-likeness (QED) is 0.188. The van der Waals surface area contributed by atoms with Crippen molar-refractivity contribution in [2.75, 3.05) is 7.11 Å². The molecular weight excluding hydrogens is 509 g/mol. The smallest absolute Gasteiger partial charge is 0.313 e. The van der Waals surface area contributed by atoms with Gasteiger partial charge in [-0.1, -0.05) is 82.3 Å². The van der Waals surface area contributed by atoms with Gasteiger partial charge in [0, 0.05) is 23.2 Å². The number of carbonyl (C=O) groups is 2. The summed E-state index contributed by atoms with van der Waals surface area (Å²) in [5.74, 6) is -1.28. The lowest BCUT2D eigenvalue weighted by atomic mass is 9.87. The van der Waals surface area contributed by atoms with Gasteiger partial charge in [-0.2, -0.15) is 0 Å². The van der Waals surface area contributed by atoms with E-state index in [1.54, 1.807) is 18.2 Å². The molecule has 0 aliphatic rings. The topological polar surface area (TPSA) is 85.7 Å². The van der Waals surface area contributed by atoms with Gasteiger partial charge >= 0.3 is 5.97 Å². The third-order valence-corrected chi connectivity index (χ3v) is 6.47. The predicted octanol–water partition coefficient (Wildman–Crippen LogP) is 6.75. The van der Waals surface area contributed by atoms with Gasteiger partial charge in [0.15, 0.2) is 0 Å². The van der Waals surface area contributed by atoms with Crippen molar-refractivity contribution in [1.82, 2.24) is 4.98 Å². The molecule has 1 atom stereocenters. The molecular formula is C33H38FNO5. The number of Topliss-reactive ketones (excluding diaryl/α,β-unsaturated/α-hetero) is 1. The number of ketones is 1. The Morgan fingerprint density at radius 3 is 2.20 bits per heavy atom. The number of methoxy groups -OCH3 is 1. The van der Waals surface area contributed by atoms with Gasteiger partial charge < -0.3 is 14.6 Å². The highest BCUT2D eigenvalue weighted by Crippen LogP contribution is 2.38. The zero-order valence-corrected chi connectivity index (χ0v) is 23.8. The molecule has 0 saturated heterocycles. The molecule has 7 heteroatoms. The van der Waals surface area contributed by atoms with Crippen LogP contribution in [0, 0.1) is 5.82 Å². The van der Waals surface area contributed by atoms with E-state index in [-0.39, 0.29) is 30.7 Å². The van der Waals surface area contributed by atoms with E-state index >= 15 is 0 Å². The van der Waals surface area contributed by atoms with Gasteiger partial charge in [0.2, 0.25) is 0 Å². The molecule has 0 spiro atoms. The highest BCUT2D eigenvalue weighted by atomic mass is 19.1. The van der Waals surface area contributed by atoms with Crippen LogP contribution in [-0.2, 0) is 32.3 Å². The van der Waals surface area contributed by atoms with E-state index in [2.05, 4.69) is 18.6 Å². The van der Waals surface area contributed by atoms with Crippen molar-refractivity contribution in [2.45, 2.75) is 71.7 Å². The first-order chi connectivity index (χ1) is 19.1. The van der Waals surface area contributed by atoms with Crippen molar-refractivity contribution in [1.29, 1.82) is 0 Å². The maximum absolute atomic E-state index is 14.0. The minimum absolute atomic E-state index is 0.0359. The van der Waals surface area contributed by atoms with Crippen LogP contribution in [0.25, 0.3) is 17.2 Å². The highest BCUT2D eigenvalue weighted by molar-refractivity contribution is 5.95. The minimum Gasteiger partial charge on any atom is -0.469 e. The van der Waals surface area contributed by atoms with Crippen LogP contribution in [0.1, 0.15) is 80.5 Å². The molecule has 1 N–H and O–H groups in total. The van der Waals surface area contributed by atoms with Crippen LogP contribution in [0.4, 0.5) is 4.39 Å². The van der Waals surface area contributed by atoms with Crippen molar-refractivity contribution in [3.63, 3.8) is 0 Å². The number of rotatable bonds is 13. The Kier molecular flexibility index (Phi) is 11.3. The summed E-state index contributed by atoms with van der Waals surface area (Å²) < 4.78 is 24.7. The molecule has 3 aromatic rings. The zero-order valence-electron chi connectivity index (χ0n) is 23.8. The normalized spacial score (nSPS) is 12.3. The number of hydrogen-bond acceptors (Lipinski definition) is 6. The fourth-order valence-corrected chi connectivity index (χ4v) is 4.51. The summed E-state index contributed by atoms with van der Waals surface area (Å²) in [6, 6.07) is 16.2. The Labute approximate surface area is 235 Å². The predicted molar refractivity (Wildman–Crippen MR) is 154 cm³/mol. The Morgan fingerprint density at radius 1 is 0.950 bits per heavy atom. The van der Waals surface area contributed by atoms with Crippen LogP contribution in [0.2, 0.25) is 0 Å². The van der Waals surface area contributed by atoms with Gasteiger partial charge in [0.1, 0.15) is 18.0 Å². The molecule has 2 aromatic carbocycles. The fourth-order valence-electron chi connectivity index (χ4n) is 4.51. The monoisotopic (exact) mass is 547 g/mol. The Morgan fingerprint density at radius 2 is 1.60 bits per heavy atom. The van der Waals surface area contributed by atoms with Crippen LogP contribution >= 0.6 is 0 Å². The molecule has 40 heavy (non-hydrogen) atoms. The average Bonchev–Trinajstić information content (AvgIpc) is 2.92. The first-order valence-electron chi connectivity index (χ1n) is 13.5. The van der Waals surface area contributed by atoms with Crippen LogP contribution in [0.5, 0.6) is 0 Å². The third kappa shape index (κ3) is 8.41. The molecule has 212 valence electrons. The van der Waals surface area contributed by atoms with E-state index in [0.717, 1.165) is 39.2 Å². The van der Waals surface area contributed by atoms with Crippen LogP contribution < -0.4 is 0 Å². The number of aliphatic hydroxyl groups excluding tert-OH is 1. The lowest BCUT2D eigenvalue weighted by Crippen LogP contribution is -2.15. The molecule has 0 aliphatic carbocycles. The largest absolute Gasteiger partial charge is 0.469 e. The SMILES string of the molecule is COC(=O)CC(=O)CC(O)C=Cc1c(C(C)C)nc(C(C)C)c(COCc2ccccc2)c1-c1ccc(F)cc1. The first-order valence-corrected chi connectivity index (χ1v) is 13.5. The summed E-state index contributed by atoms with van der Waals surface area (Å²) in [6.07, 6.45) is 1.57. The van der Waals surface area contributed by atoms with E-state index in [1.807, 2.05) is 44.2 Å². The molecule has 0 bridgehead atoms. The first kappa shape index (κ1) is 30.9. The standard InChI is InChI=1S/C33H38FNO5/c1-21(2)32-28(16-15-26(36)17-27(37)18-30(38)39-5)31(24-11-13-25(34)14-12-24)29(33(35-32)22(3)4)20-40-19-23-9-7-6-8-10-23/h6-16,21-22,26,36H,17-20H2,1-5H3. The van der Waals surface area contributed by atoms with Crippen LogP contribution in [-0.4, -0.2) is 35.1 Å². The van der Waals surface area contributed by atoms with Crippen molar-refractivity contribution < 1.29 is 28.6 Å². The molecule has 3 rings (SSSR count). The molecule has 0 saturated carbocycles. The summed E-state index contributed by atoms with van der Waals surface area (Å²) in [5.41, 5.74) is 6.05. The van der Waals surface area contributed by atoms with E-state index < -0.39 is 24.3 Å². The number of carbonyl (C=O) groups excluding carboxylic acids is 2. The number of esters is 1. The number of hydrogen-bond donors (Lipinski definition) is 1. The van der Waals surface area contributed by atoms with Gasteiger partial charge in [0.25, 0.3) is 0 Å². The van der Waals surface area contributed by atoms with Gasteiger partial charge in [-0.25, -0.2) is 4.39 Å². The third-order valence-electron chi connectivity index (χ3n) is 6.47. The summed E-state index contributed by atoms with van der Waals surface area (Å²) in [6.45, 7) is 8.93. The summed E-state index contributed by atoms with van der Waals surface area (Å²) in [4.78, 5) is 28.7. The Bertz CT molecular complexity index is 1320. The lowest BCUT2D eigenvalue weighted by molar-refractivity contribution is -0.143. The van der Waals surface area contributed by atoms with Gasteiger partial charge in [-0.05, 0) is 40.7 Å². The number of halogens is 1. The van der Waals surface area contributed by atoms with E-state index in [4.69, 9.17) is 9.72 Å². The van der Waals surface area contributed by atoms with Gasteiger partial charge in [-0.3, -0.25) is 14.6 Å². The van der Waals surface area contributed by atoms with E-state index in [9.17, 15) is 19.1 Å². The second kappa shape index (κ2) is 14.6. The van der Waals surface area contributed by atoms with Gasteiger partial charge in [0.05, 0.1) is 32.1 Å². The number of pyridine rings is 1. The minimum atomic E-state index is -1.11. The summed E-state index contributed by atoms with van der Waals surface area (Å²) >= 11 is 0. The second-order valence-electron chi connectivity index (χ2n) is 10.4. The fraction of sp³-hybridized carbons (Fsp3) is 0.364. The molecule has 0 aliphatic heterocycles. The maximum Gasteiger partial charge on any atom is 0.313 e. The van der Waals surface area contributed by atoms with Gasteiger partial charge in [-0.15, -0.1) is 0 Å². The van der Waals surface area contributed by atoms with E-state index in [0.29, 0.717) is 6.61 Å². The Balaban J connectivity index is 2.10. The number of benzene rings is 2. The molecule has 6 nitrogen and oxygen atoms in total. The van der Waals surface area contributed by atoms with Crippen molar-refractivity contribution in [3.05, 3.63) is 94.6 Å². The van der Waals surface area contributed by atoms with Crippen molar-refractivity contribution in [2.24, 2.45) is 0 Å². The molecule has 0 radical (unpaired) electrons. The molecule has 1 unspecified atom stereocenters. The maximum atomic E-state index is 14.0. The number of nitrogens with zero attached hydrogens (tertiary/aromatic N) is 1. The second-order valence-corrected chi connectivity index (χ2v) is 10.4. The summed E-state index contributed by atoms with van der Waals surface area (Å²) in [5, 5.41) is 10.6. The Hall–Kier alpha value is -3.68.